The first-order chi connectivity index (χ1) is 5.97. The molecule has 2 N–H and O–H groups in total. The van der Waals surface area contributed by atoms with Gasteiger partial charge in [0, 0.05) is 38.3 Å². The fraction of sp³-hybridized carbons (Fsp3) is 0.778. The quantitative estimate of drug-likeness (QED) is 0.594. The Hall–Kier alpha value is -0.540. The summed E-state index contributed by atoms with van der Waals surface area (Å²) in [4.78, 5) is 0. The molecule has 1 saturated heterocycles. The van der Waals surface area contributed by atoms with Crippen LogP contribution in [-0.2, 0) is 0 Å². The summed E-state index contributed by atoms with van der Waals surface area (Å²) < 4.78 is 0. The first kappa shape index (κ1) is 8.08. The van der Waals surface area contributed by atoms with E-state index < -0.39 is 0 Å². The smallest absolute Gasteiger partial charge is 0.0341 e. The van der Waals surface area contributed by atoms with Crippen molar-refractivity contribution in [1.29, 1.82) is 0 Å². The molecule has 68 valence electrons. The Morgan fingerprint density at radius 1 is 1.25 bits per heavy atom. The molecule has 3 heteroatoms. The van der Waals surface area contributed by atoms with Crippen LogP contribution in [0.5, 0.6) is 0 Å². The maximum Gasteiger partial charge on any atom is 0.0341 e. The molecule has 3 nitrogen and oxygen atoms in total. The van der Waals surface area contributed by atoms with Crippen molar-refractivity contribution in [2.45, 2.75) is 19.3 Å². The second-order valence-corrected chi connectivity index (χ2v) is 3.42. The molecule has 2 heterocycles. The molecule has 12 heavy (non-hydrogen) atoms. The first-order valence-corrected chi connectivity index (χ1v) is 4.87. The van der Waals surface area contributed by atoms with E-state index in [0.717, 1.165) is 19.6 Å². The summed E-state index contributed by atoms with van der Waals surface area (Å²) in [5, 5.41) is 5.65. The minimum atomic E-state index is 1.04. The molecular formula is C9H17N3. The van der Waals surface area contributed by atoms with Crippen molar-refractivity contribution in [2.24, 2.45) is 0 Å². The van der Waals surface area contributed by atoms with E-state index in [9.17, 15) is 0 Å². The molecule has 1 fully saturated rings. The standard InChI is InChI=1S/C9H17N3/c1-2-8-12(11-5-1)9-3-6-10-7-4-9/h3,10-11H,1-2,4-8H2. The lowest BCUT2D eigenvalue weighted by Gasteiger charge is -2.33. The molecule has 0 radical (unpaired) electrons. The lowest BCUT2D eigenvalue weighted by Crippen LogP contribution is -2.44. The van der Waals surface area contributed by atoms with Gasteiger partial charge in [0.05, 0.1) is 0 Å². The summed E-state index contributed by atoms with van der Waals surface area (Å²) in [6, 6.07) is 0. The van der Waals surface area contributed by atoms with Gasteiger partial charge in [-0.1, -0.05) is 6.08 Å². The van der Waals surface area contributed by atoms with Gasteiger partial charge in [0.2, 0.25) is 0 Å². The molecule has 2 aliphatic rings. The fourth-order valence-electron chi connectivity index (χ4n) is 1.79. The lowest BCUT2D eigenvalue weighted by molar-refractivity contribution is 0.194. The van der Waals surface area contributed by atoms with Gasteiger partial charge in [0.15, 0.2) is 0 Å². The molecule has 0 unspecified atom stereocenters. The zero-order valence-corrected chi connectivity index (χ0v) is 7.47. The Morgan fingerprint density at radius 2 is 2.25 bits per heavy atom. The molecule has 0 saturated carbocycles. The summed E-state index contributed by atoms with van der Waals surface area (Å²) >= 11 is 0. The third kappa shape index (κ3) is 1.79. The summed E-state index contributed by atoms with van der Waals surface area (Å²) in [6.45, 7) is 4.49. The molecule has 0 aromatic carbocycles. The van der Waals surface area contributed by atoms with Crippen LogP contribution in [0.2, 0.25) is 0 Å². The normalized spacial score (nSPS) is 25.3. The Kier molecular flexibility index (Phi) is 2.64. The zero-order valence-electron chi connectivity index (χ0n) is 7.47. The maximum atomic E-state index is 3.43. The number of hydrazine groups is 1. The molecule has 2 aliphatic heterocycles. The molecule has 2 rings (SSSR count). The molecule has 0 aromatic rings. The SMILES string of the molecule is C1=C(N2CCCCN2)CCNC1. The molecule has 0 amide bonds. The molecule has 0 spiro atoms. The van der Waals surface area contributed by atoms with E-state index >= 15 is 0 Å². The van der Waals surface area contributed by atoms with Crippen molar-refractivity contribution in [1.82, 2.24) is 15.8 Å². The first-order valence-electron chi connectivity index (χ1n) is 4.87. The highest BCUT2D eigenvalue weighted by Gasteiger charge is 2.13. The van der Waals surface area contributed by atoms with Gasteiger partial charge in [-0.3, -0.25) is 0 Å². The van der Waals surface area contributed by atoms with Crippen LogP contribution in [0.25, 0.3) is 0 Å². The highest BCUT2D eigenvalue weighted by Crippen LogP contribution is 2.12. The zero-order chi connectivity index (χ0) is 8.23. The highest BCUT2D eigenvalue weighted by molar-refractivity contribution is 5.05. The van der Waals surface area contributed by atoms with E-state index in [1.54, 1.807) is 0 Å². The summed E-state index contributed by atoms with van der Waals surface area (Å²) in [6.07, 6.45) is 6.12. The second-order valence-electron chi connectivity index (χ2n) is 3.42. The average molecular weight is 167 g/mol. The minimum Gasteiger partial charge on any atom is -0.313 e. The van der Waals surface area contributed by atoms with Gasteiger partial charge >= 0.3 is 0 Å². The van der Waals surface area contributed by atoms with E-state index in [1.165, 1.54) is 31.5 Å². The summed E-state index contributed by atoms with van der Waals surface area (Å²) in [5.74, 6) is 0. The van der Waals surface area contributed by atoms with E-state index in [1.807, 2.05) is 0 Å². The van der Waals surface area contributed by atoms with Gasteiger partial charge in [-0.15, -0.1) is 0 Å². The maximum absolute atomic E-state index is 3.43. The monoisotopic (exact) mass is 167 g/mol. The van der Waals surface area contributed by atoms with Crippen molar-refractivity contribution in [3.05, 3.63) is 11.8 Å². The molecular weight excluding hydrogens is 150 g/mol. The predicted molar refractivity (Wildman–Crippen MR) is 49.5 cm³/mol. The van der Waals surface area contributed by atoms with Gasteiger partial charge in [-0.25, -0.2) is 5.43 Å². The second kappa shape index (κ2) is 3.92. The van der Waals surface area contributed by atoms with Crippen LogP contribution in [0, 0.1) is 0 Å². The van der Waals surface area contributed by atoms with E-state index in [0.29, 0.717) is 0 Å². The minimum absolute atomic E-state index is 1.04. The van der Waals surface area contributed by atoms with Crippen molar-refractivity contribution < 1.29 is 0 Å². The number of nitrogens with zero attached hydrogens (tertiary/aromatic N) is 1. The Labute approximate surface area is 73.8 Å². The highest BCUT2D eigenvalue weighted by atomic mass is 15.5. The fourth-order valence-corrected chi connectivity index (χ4v) is 1.79. The molecule has 0 atom stereocenters. The topological polar surface area (TPSA) is 27.3 Å². The number of rotatable bonds is 1. The largest absolute Gasteiger partial charge is 0.313 e. The van der Waals surface area contributed by atoms with Crippen LogP contribution in [0.1, 0.15) is 19.3 Å². The summed E-state index contributed by atoms with van der Waals surface area (Å²) in [5.41, 5.74) is 4.91. The average Bonchev–Trinajstić information content (AvgIpc) is 2.21. The van der Waals surface area contributed by atoms with Crippen LogP contribution >= 0.6 is 0 Å². The molecule has 0 aliphatic carbocycles. The van der Waals surface area contributed by atoms with Gasteiger partial charge in [-0.2, -0.15) is 0 Å². The van der Waals surface area contributed by atoms with E-state index in [4.69, 9.17) is 0 Å². The molecule has 0 aromatic heterocycles. The van der Waals surface area contributed by atoms with Crippen molar-refractivity contribution in [3.8, 4) is 0 Å². The lowest BCUT2D eigenvalue weighted by atomic mass is 10.2. The van der Waals surface area contributed by atoms with Gasteiger partial charge < -0.3 is 10.3 Å². The van der Waals surface area contributed by atoms with Crippen molar-refractivity contribution in [3.63, 3.8) is 0 Å². The number of hydrogen-bond acceptors (Lipinski definition) is 3. The third-order valence-corrected chi connectivity index (χ3v) is 2.50. The van der Waals surface area contributed by atoms with Gasteiger partial charge in [0.1, 0.15) is 0 Å². The van der Waals surface area contributed by atoms with E-state index in [-0.39, 0.29) is 0 Å². The Balaban J connectivity index is 1.92. The van der Waals surface area contributed by atoms with E-state index in [2.05, 4.69) is 21.8 Å². The van der Waals surface area contributed by atoms with Gasteiger partial charge in [-0.05, 0) is 12.8 Å². The predicted octanol–water partition coefficient (Wildman–Crippen LogP) is 0.464. The summed E-state index contributed by atoms with van der Waals surface area (Å²) in [7, 11) is 0. The van der Waals surface area contributed by atoms with Crippen LogP contribution in [0.15, 0.2) is 11.8 Å². The van der Waals surface area contributed by atoms with Crippen LogP contribution < -0.4 is 10.7 Å². The van der Waals surface area contributed by atoms with Crippen LogP contribution in [-0.4, -0.2) is 31.2 Å². The molecule has 0 bridgehead atoms. The third-order valence-electron chi connectivity index (χ3n) is 2.50. The Morgan fingerprint density at radius 3 is 2.92 bits per heavy atom. The number of nitrogens with one attached hydrogen (secondary N) is 2. The Bertz CT molecular complexity index is 171. The van der Waals surface area contributed by atoms with Crippen molar-refractivity contribution in [2.75, 3.05) is 26.2 Å². The van der Waals surface area contributed by atoms with Gasteiger partial charge in [0.25, 0.3) is 0 Å². The van der Waals surface area contributed by atoms with Crippen LogP contribution in [0.3, 0.4) is 0 Å². The van der Waals surface area contributed by atoms with Crippen molar-refractivity contribution >= 4 is 0 Å². The number of hydrogen-bond donors (Lipinski definition) is 2. The van der Waals surface area contributed by atoms with Crippen LogP contribution in [0.4, 0.5) is 0 Å².